The molecule has 0 aromatic heterocycles. The van der Waals surface area contributed by atoms with E-state index in [1.54, 1.807) is 0 Å². The first-order valence-corrected chi connectivity index (χ1v) is 5.46. The highest BCUT2D eigenvalue weighted by Crippen LogP contribution is 2.29. The third-order valence-corrected chi connectivity index (χ3v) is 2.87. The molecule has 0 fully saturated rings. The molecule has 0 heterocycles. The van der Waals surface area contributed by atoms with E-state index in [0.29, 0.717) is 0 Å². The Morgan fingerprint density at radius 2 is 1.74 bits per heavy atom. The molecule has 0 aliphatic rings. The van der Waals surface area contributed by atoms with Crippen molar-refractivity contribution in [2.45, 2.75) is 0 Å². The van der Waals surface area contributed by atoms with Gasteiger partial charge in [0, 0.05) is 5.56 Å². The summed E-state index contributed by atoms with van der Waals surface area (Å²) in [6.07, 6.45) is 0. The van der Waals surface area contributed by atoms with Crippen molar-refractivity contribution in [2.75, 3.05) is 0 Å². The Kier molecular flexibility index (Phi) is 3.48. The van der Waals surface area contributed by atoms with Crippen LogP contribution in [0.4, 0.5) is 13.2 Å². The van der Waals surface area contributed by atoms with E-state index >= 15 is 0 Å². The molecule has 1 N–H and O–H groups in total. The molecule has 0 aliphatic heterocycles. The summed E-state index contributed by atoms with van der Waals surface area (Å²) < 4.78 is 39.5. The molecule has 0 amide bonds. The van der Waals surface area contributed by atoms with E-state index in [-0.39, 0.29) is 21.7 Å². The normalized spacial score (nSPS) is 10.5. The molecular weight excluding hydrogens is 281 g/mol. The Bertz CT molecular complexity index is 671. The Morgan fingerprint density at radius 1 is 1.05 bits per heavy atom. The lowest BCUT2D eigenvalue weighted by molar-refractivity contribution is 0.0697. The predicted octanol–water partition coefficient (Wildman–Crippen LogP) is 4.12. The highest BCUT2D eigenvalue weighted by atomic mass is 35.5. The zero-order valence-corrected chi connectivity index (χ0v) is 10.0. The van der Waals surface area contributed by atoms with Crippen LogP contribution in [0.5, 0.6) is 0 Å². The predicted molar refractivity (Wildman–Crippen MR) is 63.7 cm³/mol. The number of carboxylic acids is 1. The average molecular weight is 287 g/mol. The third kappa shape index (κ3) is 2.42. The molecule has 2 aromatic rings. The molecule has 2 rings (SSSR count). The van der Waals surface area contributed by atoms with Gasteiger partial charge in [0.15, 0.2) is 17.5 Å². The summed E-state index contributed by atoms with van der Waals surface area (Å²) in [6.45, 7) is 0. The first-order chi connectivity index (χ1) is 8.91. The van der Waals surface area contributed by atoms with E-state index in [4.69, 9.17) is 16.7 Å². The van der Waals surface area contributed by atoms with E-state index in [2.05, 4.69) is 0 Å². The lowest BCUT2D eigenvalue weighted by atomic mass is 10.0. The average Bonchev–Trinajstić information content (AvgIpc) is 2.37. The van der Waals surface area contributed by atoms with Gasteiger partial charge >= 0.3 is 5.97 Å². The second kappa shape index (κ2) is 4.93. The molecule has 0 unspecified atom stereocenters. The molecule has 0 saturated carbocycles. The molecule has 2 nitrogen and oxygen atoms in total. The molecule has 98 valence electrons. The van der Waals surface area contributed by atoms with Gasteiger partial charge in [0.1, 0.15) is 0 Å². The van der Waals surface area contributed by atoms with Gasteiger partial charge in [-0.3, -0.25) is 0 Å². The molecule has 19 heavy (non-hydrogen) atoms. The van der Waals surface area contributed by atoms with Crippen LogP contribution in [0.25, 0.3) is 11.1 Å². The van der Waals surface area contributed by atoms with Crippen molar-refractivity contribution >= 4 is 17.6 Å². The van der Waals surface area contributed by atoms with E-state index < -0.39 is 23.4 Å². The van der Waals surface area contributed by atoms with Crippen molar-refractivity contribution in [3.63, 3.8) is 0 Å². The number of benzene rings is 2. The molecule has 0 spiro atoms. The van der Waals surface area contributed by atoms with Crippen LogP contribution in [0, 0.1) is 17.5 Å². The lowest BCUT2D eigenvalue weighted by Gasteiger charge is -2.07. The van der Waals surface area contributed by atoms with Crippen LogP contribution in [0.1, 0.15) is 10.4 Å². The molecule has 2 aromatic carbocycles. The van der Waals surface area contributed by atoms with E-state index in [1.807, 2.05) is 0 Å². The highest BCUT2D eigenvalue weighted by molar-refractivity contribution is 6.33. The number of hydrogen-bond acceptors (Lipinski definition) is 1. The van der Waals surface area contributed by atoms with Crippen LogP contribution in [0.2, 0.25) is 5.02 Å². The number of hydrogen-bond donors (Lipinski definition) is 1. The van der Waals surface area contributed by atoms with E-state index in [0.717, 1.165) is 18.2 Å². The van der Waals surface area contributed by atoms with Crippen molar-refractivity contribution in [3.05, 3.63) is 58.4 Å². The second-order valence-corrected chi connectivity index (χ2v) is 4.13. The Morgan fingerprint density at radius 3 is 2.37 bits per heavy atom. The minimum absolute atomic E-state index is 0.0285. The van der Waals surface area contributed by atoms with Gasteiger partial charge in [-0.2, -0.15) is 0 Å². The van der Waals surface area contributed by atoms with Gasteiger partial charge in [-0.15, -0.1) is 0 Å². The number of carbonyl (C=O) groups is 1. The standard InChI is InChI=1S/C13H6ClF3O2/c14-9-3-1-6(5-8(9)13(18)19)7-2-4-10(15)12(17)11(7)16/h1-5H,(H,18,19). The first-order valence-electron chi connectivity index (χ1n) is 5.08. The topological polar surface area (TPSA) is 37.3 Å². The molecule has 0 bridgehead atoms. The van der Waals surface area contributed by atoms with Gasteiger partial charge in [-0.1, -0.05) is 17.7 Å². The largest absolute Gasteiger partial charge is 0.478 e. The van der Waals surface area contributed by atoms with Gasteiger partial charge in [0.25, 0.3) is 0 Å². The molecule has 0 radical (unpaired) electrons. The van der Waals surface area contributed by atoms with Crippen molar-refractivity contribution in [3.8, 4) is 11.1 Å². The second-order valence-electron chi connectivity index (χ2n) is 3.72. The lowest BCUT2D eigenvalue weighted by Crippen LogP contribution is -1.99. The molecule has 0 saturated heterocycles. The van der Waals surface area contributed by atoms with Crippen LogP contribution < -0.4 is 0 Å². The van der Waals surface area contributed by atoms with Gasteiger partial charge in [-0.05, 0) is 29.8 Å². The molecule has 0 atom stereocenters. The summed E-state index contributed by atoms with van der Waals surface area (Å²) in [7, 11) is 0. The minimum Gasteiger partial charge on any atom is -0.478 e. The van der Waals surface area contributed by atoms with Crippen molar-refractivity contribution in [2.24, 2.45) is 0 Å². The zero-order valence-electron chi connectivity index (χ0n) is 9.25. The van der Waals surface area contributed by atoms with Crippen molar-refractivity contribution in [1.82, 2.24) is 0 Å². The fraction of sp³-hybridized carbons (Fsp3) is 0. The summed E-state index contributed by atoms with van der Waals surface area (Å²) in [5.41, 5.74) is -0.389. The zero-order chi connectivity index (χ0) is 14.2. The fourth-order valence-electron chi connectivity index (χ4n) is 1.61. The number of rotatable bonds is 2. The van der Waals surface area contributed by atoms with E-state index in [9.17, 15) is 18.0 Å². The molecule has 0 aliphatic carbocycles. The summed E-state index contributed by atoms with van der Waals surface area (Å²) in [5, 5.41) is 8.86. The number of carboxylic acid groups (broad SMARTS) is 1. The fourth-order valence-corrected chi connectivity index (χ4v) is 1.80. The molecular formula is C13H6ClF3O2. The van der Waals surface area contributed by atoms with Gasteiger partial charge in [-0.25, -0.2) is 18.0 Å². The Balaban J connectivity index is 2.63. The maximum atomic E-state index is 13.6. The summed E-state index contributed by atoms with van der Waals surface area (Å²) in [5.74, 6) is -5.59. The maximum Gasteiger partial charge on any atom is 0.337 e. The Labute approximate surface area is 111 Å². The third-order valence-electron chi connectivity index (χ3n) is 2.54. The number of aromatic carboxylic acids is 1. The van der Waals surface area contributed by atoms with E-state index in [1.165, 1.54) is 12.1 Å². The quantitative estimate of drug-likeness (QED) is 0.843. The van der Waals surface area contributed by atoms with Crippen LogP contribution in [0.3, 0.4) is 0 Å². The van der Waals surface area contributed by atoms with Crippen LogP contribution in [-0.2, 0) is 0 Å². The SMILES string of the molecule is O=C(O)c1cc(-c2ccc(F)c(F)c2F)ccc1Cl. The van der Waals surface area contributed by atoms with Gasteiger partial charge < -0.3 is 5.11 Å². The van der Waals surface area contributed by atoms with Gasteiger partial charge in [0.05, 0.1) is 10.6 Å². The number of halogens is 4. The summed E-state index contributed by atoms with van der Waals surface area (Å²) >= 11 is 5.67. The van der Waals surface area contributed by atoms with Crippen LogP contribution in [-0.4, -0.2) is 11.1 Å². The van der Waals surface area contributed by atoms with Crippen LogP contribution in [0.15, 0.2) is 30.3 Å². The maximum absolute atomic E-state index is 13.6. The van der Waals surface area contributed by atoms with Crippen LogP contribution >= 0.6 is 11.6 Å². The minimum atomic E-state index is -1.61. The summed E-state index contributed by atoms with van der Waals surface area (Å²) in [4.78, 5) is 10.9. The Hall–Kier alpha value is -2.01. The smallest absolute Gasteiger partial charge is 0.337 e. The monoisotopic (exact) mass is 286 g/mol. The molecule has 6 heteroatoms. The summed E-state index contributed by atoms with van der Waals surface area (Å²) in [6, 6.07) is 5.47. The first kappa shape index (κ1) is 13.4. The van der Waals surface area contributed by atoms with Crippen molar-refractivity contribution < 1.29 is 23.1 Å². The van der Waals surface area contributed by atoms with Crippen molar-refractivity contribution in [1.29, 1.82) is 0 Å². The van der Waals surface area contributed by atoms with Gasteiger partial charge in [0.2, 0.25) is 0 Å². The highest BCUT2D eigenvalue weighted by Gasteiger charge is 2.17.